The van der Waals surface area contributed by atoms with Crippen LogP contribution >= 0.6 is 0 Å². The van der Waals surface area contributed by atoms with Crippen LogP contribution in [0.5, 0.6) is 0 Å². The first-order valence-electron chi connectivity index (χ1n) is 11.9. The highest BCUT2D eigenvalue weighted by atomic mass is 32.2. The van der Waals surface area contributed by atoms with Crippen LogP contribution in [-0.2, 0) is 27.3 Å². The number of pyridine rings is 1. The lowest BCUT2D eigenvalue weighted by atomic mass is 10.1. The van der Waals surface area contributed by atoms with Crippen LogP contribution in [0.4, 0.5) is 10.6 Å². The second-order valence-electron chi connectivity index (χ2n) is 8.84. The summed E-state index contributed by atoms with van der Waals surface area (Å²) < 4.78 is 27.4. The predicted molar refractivity (Wildman–Crippen MR) is 143 cm³/mol. The van der Waals surface area contributed by atoms with Crippen LogP contribution in [0.25, 0.3) is 22.4 Å². The Balaban J connectivity index is 1.37. The third-order valence-corrected chi connectivity index (χ3v) is 6.18. The van der Waals surface area contributed by atoms with Crippen LogP contribution in [0, 0.1) is 0 Å². The summed E-state index contributed by atoms with van der Waals surface area (Å²) in [7, 11) is -3.55. The Morgan fingerprint density at radius 2 is 1.78 bits per heavy atom. The number of nitrogens with one attached hydrogen (secondary N) is 2. The minimum absolute atomic E-state index is 0.00881. The van der Waals surface area contributed by atoms with E-state index < -0.39 is 10.1 Å². The molecule has 2 heterocycles. The molecule has 192 valence electrons. The number of anilines is 1. The Hall–Kier alpha value is -3.89. The van der Waals surface area contributed by atoms with Gasteiger partial charge in [-0.2, -0.15) is 8.42 Å². The van der Waals surface area contributed by atoms with Crippen LogP contribution in [-0.4, -0.2) is 41.7 Å². The molecular formula is C27H29N5O4S. The molecule has 2 amide bonds. The van der Waals surface area contributed by atoms with Crippen molar-refractivity contribution in [3.8, 4) is 11.3 Å². The van der Waals surface area contributed by atoms with E-state index in [0.29, 0.717) is 28.2 Å². The highest BCUT2D eigenvalue weighted by Gasteiger charge is 2.11. The highest BCUT2D eigenvalue weighted by molar-refractivity contribution is 7.85. The van der Waals surface area contributed by atoms with Crippen molar-refractivity contribution < 1.29 is 17.4 Å². The first-order chi connectivity index (χ1) is 17.7. The van der Waals surface area contributed by atoms with Gasteiger partial charge in [0.15, 0.2) is 5.65 Å². The van der Waals surface area contributed by atoms with Gasteiger partial charge in [-0.15, -0.1) is 0 Å². The van der Waals surface area contributed by atoms with Crippen molar-refractivity contribution in [3.63, 3.8) is 0 Å². The lowest BCUT2D eigenvalue weighted by Crippen LogP contribution is -2.36. The summed E-state index contributed by atoms with van der Waals surface area (Å²) in [5, 5.41) is 5.72. The van der Waals surface area contributed by atoms with Gasteiger partial charge >= 0.3 is 6.03 Å². The van der Waals surface area contributed by atoms with Gasteiger partial charge in [0.1, 0.15) is 11.3 Å². The summed E-state index contributed by atoms with van der Waals surface area (Å²) in [6.45, 7) is 1.91. The van der Waals surface area contributed by atoms with Gasteiger partial charge in [0, 0.05) is 11.6 Å². The van der Waals surface area contributed by atoms with E-state index in [1.165, 1.54) is 5.56 Å². The van der Waals surface area contributed by atoms with Crippen molar-refractivity contribution in [1.82, 2.24) is 20.3 Å². The summed E-state index contributed by atoms with van der Waals surface area (Å²) >= 11 is 0. The maximum atomic E-state index is 12.5. The molecule has 0 bridgehead atoms. The van der Waals surface area contributed by atoms with Crippen molar-refractivity contribution in [2.75, 3.05) is 11.6 Å². The maximum Gasteiger partial charge on any atom is 0.320 e. The van der Waals surface area contributed by atoms with E-state index in [1.807, 2.05) is 31.2 Å². The molecule has 0 saturated heterocycles. The molecule has 0 aliphatic carbocycles. The molecule has 0 aliphatic heterocycles. The van der Waals surface area contributed by atoms with Crippen molar-refractivity contribution in [2.45, 2.75) is 38.8 Å². The molecule has 0 aliphatic rings. The summed E-state index contributed by atoms with van der Waals surface area (Å²) in [6, 6.07) is 20.6. The van der Waals surface area contributed by atoms with Crippen LogP contribution in [0.1, 0.15) is 30.9 Å². The van der Waals surface area contributed by atoms with E-state index in [-0.39, 0.29) is 18.7 Å². The Kier molecular flexibility index (Phi) is 8.42. The van der Waals surface area contributed by atoms with Crippen LogP contribution in [0.15, 0.2) is 72.9 Å². The Morgan fingerprint density at radius 1 is 1.00 bits per heavy atom. The molecule has 10 heteroatoms. The van der Waals surface area contributed by atoms with Gasteiger partial charge in [-0.1, -0.05) is 48.5 Å². The maximum absolute atomic E-state index is 12.5. The van der Waals surface area contributed by atoms with E-state index in [9.17, 15) is 13.2 Å². The zero-order chi connectivity index (χ0) is 26.3. The number of hydrogen-bond acceptors (Lipinski definition) is 7. The number of fused-ring (bicyclic) bond motifs is 1. The molecule has 37 heavy (non-hydrogen) atoms. The van der Waals surface area contributed by atoms with Crippen molar-refractivity contribution in [1.29, 1.82) is 0 Å². The predicted octanol–water partition coefficient (Wildman–Crippen LogP) is 4.70. The number of urea groups is 1. The summed E-state index contributed by atoms with van der Waals surface area (Å²) in [6.07, 6.45) is 5.43. The largest absolute Gasteiger partial charge is 0.335 e. The Bertz CT molecular complexity index is 1480. The monoisotopic (exact) mass is 519 g/mol. The molecule has 0 spiro atoms. The number of benzene rings is 2. The molecule has 2 aromatic heterocycles. The number of carbonyl (C=O) groups is 1. The molecule has 9 nitrogen and oxygen atoms in total. The molecule has 1 atom stereocenters. The van der Waals surface area contributed by atoms with Crippen molar-refractivity contribution >= 4 is 33.1 Å². The average Bonchev–Trinajstić information content (AvgIpc) is 2.87. The fourth-order valence-electron chi connectivity index (χ4n) is 3.81. The fraction of sp³-hybridized carbons (Fsp3) is 0.259. The zero-order valence-corrected chi connectivity index (χ0v) is 21.5. The van der Waals surface area contributed by atoms with Gasteiger partial charge < -0.3 is 5.32 Å². The molecule has 4 rings (SSSR count). The van der Waals surface area contributed by atoms with E-state index in [1.54, 1.807) is 36.5 Å². The second-order valence-corrected chi connectivity index (χ2v) is 10.5. The number of aryl methyl sites for hydroxylation is 1. The Morgan fingerprint density at radius 3 is 2.57 bits per heavy atom. The van der Waals surface area contributed by atoms with Gasteiger partial charge in [-0.25, -0.2) is 14.8 Å². The van der Waals surface area contributed by atoms with Gasteiger partial charge in [0.25, 0.3) is 10.1 Å². The van der Waals surface area contributed by atoms with Gasteiger partial charge in [0.05, 0.1) is 24.8 Å². The molecule has 2 aromatic carbocycles. The quantitative estimate of drug-likeness (QED) is 0.291. The molecular weight excluding hydrogens is 490 g/mol. The summed E-state index contributed by atoms with van der Waals surface area (Å²) in [5.74, 6) is 0.364. The van der Waals surface area contributed by atoms with Crippen molar-refractivity contribution in [3.05, 3.63) is 84.1 Å². The third-order valence-electron chi connectivity index (χ3n) is 5.63. The minimum Gasteiger partial charge on any atom is -0.335 e. The SMILES string of the molecule is C[C@H](CCCc1ccccc1)NC(=O)Nc1ccc2ncc(-c3cccc(COS(C)(=O)=O)c3)nc2n1. The first-order valence-corrected chi connectivity index (χ1v) is 13.8. The number of amides is 2. The number of aromatic nitrogens is 3. The standard InChI is InChI=1S/C27H29N5O4S/c1-19(8-6-11-20-9-4-3-5-10-20)29-27(33)32-25-15-14-23-26(31-25)30-24(17-28-23)22-13-7-12-21(16-22)18-36-37(2,34)35/h3-5,7,9-10,12-17,19H,6,8,11,18H2,1-2H3,(H2,29,30,31,32,33)/t19-/m1/s1. The zero-order valence-electron chi connectivity index (χ0n) is 20.7. The van der Waals surface area contributed by atoms with Crippen LogP contribution in [0.2, 0.25) is 0 Å². The molecule has 2 N–H and O–H groups in total. The number of carbonyl (C=O) groups excluding carboxylic acids is 1. The van der Waals surface area contributed by atoms with E-state index in [0.717, 1.165) is 31.1 Å². The smallest absolute Gasteiger partial charge is 0.320 e. The fourth-order valence-corrected chi connectivity index (χ4v) is 4.16. The molecule has 0 fully saturated rings. The van der Waals surface area contributed by atoms with Gasteiger partial charge in [-0.05, 0) is 55.5 Å². The molecule has 0 saturated carbocycles. The average molecular weight is 520 g/mol. The topological polar surface area (TPSA) is 123 Å². The molecule has 4 aromatic rings. The highest BCUT2D eigenvalue weighted by Crippen LogP contribution is 2.21. The third kappa shape index (κ3) is 8.06. The van der Waals surface area contributed by atoms with Gasteiger partial charge in [-0.3, -0.25) is 14.5 Å². The van der Waals surface area contributed by atoms with Gasteiger partial charge in [0.2, 0.25) is 0 Å². The normalized spacial score (nSPS) is 12.3. The van der Waals surface area contributed by atoms with Crippen LogP contribution in [0.3, 0.4) is 0 Å². The second kappa shape index (κ2) is 11.9. The number of nitrogens with zero attached hydrogens (tertiary/aromatic N) is 3. The minimum atomic E-state index is -3.55. The van der Waals surface area contributed by atoms with E-state index in [2.05, 4.69) is 37.7 Å². The van der Waals surface area contributed by atoms with E-state index >= 15 is 0 Å². The lowest BCUT2D eigenvalue weighted by molar-refractivity contribution is 0.248. The van der Waals surface area contributed by atoms with E-state index in [4.69, 9.17) is 4.18 Å². The summed E-state index contributed by atoms with van der Waals surface area (Å²) in [4.78, 5) is 26.0. The van der Waals surface area contributed by atoms with Crippen LogP contribution < -0.4 is 10.6 Å². The van der Waals surface area contributed by atoms with Crippen molar-refractivity contribution in [2.24, 2.45) is 0 Å². The summed E-state index contributed by atoms with van der Waals surface area (Å²) in [5.41, 5.74) is 4.24. The molecule has 0 radical (unpaired) electrons. The number of hydrogen-bond donors (Lipinski definition) is 2. The lowest BCUT2D eigenvalue weighted by Gasteiger charge is -2.14. The number of rotatable bonds is 10. The Labute approximate surface area is 216 Å². The first kappa shape index (κ1) is 26.2. The molecule has 0 unspecified atom stereocenters.